The van der Waals surface area contributed by atoms with Crippen LogP contribution in [0.2, 0.25) is 0 Å². The molecule has 2 heterocycles. The summed E-state index contributed by atoms with van der Waals surface area (Å²) in [5.41, 5.74) is 7.29. The number of piperidine rings is 2. The van der Waals surface area contributed by atoms with Gasteiger partial charge in [-0.25, -0.2) is 0 Å². The number of fused-ring (bicyclic) bond motifs is 2. The van der Waals surface area contributed by atoms with Crippen LogP contribution in [0.1, 0.15) is 37.3 Å². The van der Waals surface area contributed by atoms with Gasteiger partial charge in [-0.2, -0.15) is 0 Å². The Morgan fingerprint density at radius 3 is 1.92 bits per heavy atom. The average molecular weight is 334 g/mol. The molecule has 1 aliphatic carbocycles. The van der Waals surface area contributed by atoms with Crippen LogP contribution in [0.5, 0.6) is 0 Å². The molecule has 3 fully saturated rings. The van der Waals surface area contributed by atoms with E-state index in [0.717, 1.165) is 17.5 Å². The Morgan fingerprint density at radius 1 is 0.880 bits per heavy atom. The monoisotopic (exact) mass is 334 g/mol. The third kappa shape index (κ3) is 2.06. The van der Waals surface area contributed by atoms with Gasteiger partial charge in [0.2, 0.25) is 11.8 Å². The number of benzene rings is 2. The largest absolute Gasteiger partial charge is 0.399 e. The molecule has 0 unspecified atom stereocenters. The van der Waals surface area contributed by atoms with Crippen molar-refractivity contribution >= 4 is 17.5 Å². The summed E-state index contributed by atoms with van der Waals surface area (Å²) in [5.74, 6) is -0.0928. The number of nitrogens with zero attached hydrogens (tertiary/aromatic N) is 1. The van der Waals surface area contributed by atoms with E-state index in [1.165, 1.54) is 4.90 Å². The van der Waals surface area contributed by atoms with Gasteiger partial charge in [0.05, 0.1) is 10.8 Å². The van der Waals surface area contributed by atoms with Crippen molar-refractivity contribution in [3.8, 4) is 0 Å². The van der Waals surface area contributed by atoms with Gasteiger partial charge in [0.1, 0.15) is 0 Å². The van der Waals surface area contributed by atoms with Crippen molar-refractivity contribution in [1.82, 2.24) is 4.90 Å². The second-order valence-electron chi connectivity index (χ2n) is 7.27. The van der Waals surface area contributed by atoms with Gasteiger partial charge in [0.25, 0.3) is 0 Å². The van der Waals surface area contributed by atoms with E-state index < -0.39 is 10.8 Å². The molecule has 25 heavy (non-hydrogen) atoms. The van der Waals surface area contributed by atoms with Crippen LogP contribution in [-0.2, 0) is 20.4 Å². The van der Waals surface area contributed by atoms with E-state index >= 15 is 0 Å². The van der Waals surface area contributed by atoms with E-state index in [0.29, 0.717) is 25.1 Å². The van der Waals surface area contributed by atoms with Crippen LogP contribution >= 0.6 is 0 Å². The van der Waals surface area contributed by atoms with Crippen molar-refractivity contribution in [1.29, 1.82) is 0 Å². The highest BCUT2D eigenvalue weighted by atomic mass is 16.2. The zero-order chi connectivity index (χ0) is 17.7. The molecule has 2 aromatic rings. The number of hydrogen-bond donors (Lipinski definition) is 1. The van der Waals surface area contributed by atoms with E-state index in [1.54, 1.807) is 0 Å². The molecule has 3 aliphatic rings. The van der Waals surface area contributed by atoms with E-state index in [1.807, 2.05) is 61.5 Å². The molecule has 0 radical (unpaired) electrons. The van der Waals surface area contributed by atoms with Crippen molar-refractivity contribution in [2.45, 2.75) is 37.0 Å². The van der Waals surface area contributed by atoms with Crippen LogP contribution in [0.3, 0.4) is 0 Å². The van der Waals surface area contributed by atoms with Gasteiger partial charge in [0, 0.05) is 12.2 Å². The predicted octanol–water partition coefficient (Wildman–Crippen LogP) is 3.02. The fourth-order valence-corrected chi connectivity index (χ4v) is 4.53. The summed E-state index contributed by atoms with van der Waals surface area (Å²) in [6.07, 6.45) is 1.86. The zero-order valence-electron chi connectivity index (χ0n) is 14.4. The number of carbonyl (C=O) groups is 2. The van der Waals surface area contributed by atoms with Crippen LogP contribution in [0.15, 0.2) is 54.6 Å². The Kier molecular flexibility index (Phi) is 3.46. The summed E-state index contributed by atoms with van der Waals surface area (Å²) < 4.78 is 0. The first-order chi connectivity index (χ1) is 12.0. The highest BCUT2D eigenvalue weighted by Gasteiger charge is 2.70. The molecule has 128 valence electrons. The molecule has 4 nitrogen and oxygen atoms in total. The summed E-state index contributed by atoms with van der Waals surface area (Å²) in [4.78, 5) is 27.9. The van der Waals surface area contributed by atoms with Crippen LogP contribution in [-0.4, -0.2) is 23.3 Å². The van der Waals surface area contributed by atoms with Crippen molar-refractivity contribution in [3.05, 3.63) is 65.7 Å². The molecule has 5 rings (SSSR count). The first-order valence-corrected chi connectivity index (χ1v) is 8.81. The Morgan fingerprint density at radius 2 is 1.40 bits per heavy atom. The number of rotatable bonds is 4. The standard InChI is InChI=1S/C21H22N2O2/c1-2-12-23-18(24)20(15-6-4-3-5-7-15)13-21(14-20,19(23)25)16-8-10-17(22)11-9-16/h3-11H,2,12-14,22H2,1H3. The lowest BCUT2D eigenvalue weighted by molar-refractivity contribution is -0.172. The van der Waals surface area contributed by atoms with Crippen LogP contribution in [0, 0.1) is 0 Å². The number of anilines is 1. The molecule has 2 saturated heterocycles. The summed E-state index contributed by atoms with van der Waals surface area (Å²) in [6, 6.07) is 17.4. The summed E-state index contributed by atoms with van der Waals surface area (Å²) in [7, 11) is 0. The van der Waals surface area contributed by atoms with E-state index in [9.17, 15) is 9.59 Å². The van der Waals surface area contributed by atoms with Gasteiger partial charge >= 0.3 is 0 Å². The SMILES string of the molecule is CCCN1C(=O)C2(c3ccccc3)CC(c3ccc(N)cc3)(C2)C1=O. The van der Waals surface area contributed by atoms with E-state index in [-0.39, 0.29) is 11.8 Å². The maximum Gasteiger partial charge on any atom is 0.239 e. The first kappa shape index (κ1) is 15.9. The minimum Gasteiger partial charge on any atom is -0.399 e. The van der Waals surface area contributed by atoms with Gasteiger partial charge in [0.15, 0.2) is 0 Å². The van der Waals surface area contributed by atoms with E-state index in [4.69, 9.17) is 5.73 Å². The number of hydrogen-bond acceptors (Lipinski definition) is 3. The normalized spacial score (nSPS) is 28.0. The number of carbonyl (C=O) groups excluding carboxylic acids is 2. The maximum absolute atomic E-state index is 13.2. The fourth-order valence-electron chi connectivity index (χ4n) is 4.53. The third-order valence-electron chi connectivity index (χ3n) is 5.75. The van der Waals surface area contributed by atoms with Crippen LogP contribution < -0.4 is 5.73 Å². The zero-order valence-corrected chi connectivity index (χ0v) is 14.4. The van der Waals surface area contributed by atoms with Crippen molar-refractivity contribution in [3.63, 3.8) is 0 Å². The molecule has 0 atom stereocenters. The second-order valence-corrected chi connectivity index (χ2v) is 7.27. The maximum atomic E-state index is 13.2. The number of nitrogens with two attached hydrogens (primary N) is 1. The minimum absolute atomic E-state index is 0.0390. The van der Waals surface area contributed by atoms with Gasteiger partial charge in [-0.1, -0.05) is 49.4 Å². The molecule has 2 aromatic carbocycles. The Bertz CT molecular complexity index is 821. The predicted molar refractivity (Wildman–Crippen MR) is 96.9 cm³/mol. The van der Waals surface area contributed by atoms with Gasteiger partial charge in [-0.15, -0.1) is 0 Å². The Hall–Kier alpha value is -2.62. The minimum atomic E-state index is -0.605. The van der Waals surface area contributed by atoms with Gasteiger partial charge in [-0.3, -0.25) is 14.5 Å². The average Bonchev–Trinajstić information content (AvgIpc) is 2.60. The topological polar surface area (TPSA) is 63.4 Å². The van der Waals surface area contributed by atoms with Crippen molar-refractivity contribution in [2.24, 2.45) is 0 Å². The lowest BCUT2D eigenvalue weighted by Gasteiger charge is -2.61. The Balaban J connectivity index is 1.82. The van der Waals surface area contributed by atoms with Gasteiger partial charge in [-0.05, 0) is 42.5 Å². The quantitative estimate of drug-likeness (QED) is 0.690. The van der Waals surface area contributed by atoms with Gasteiger partial charge < -0.3 is 5.73 Å². The Labute approximate surface area is 147 Å². The molecule has 0 aromatic heterocycles. The first-order valence-electron chi connectivity index (χ1n) is 8.81. The molecule has 2 amide bonds. The molecule has 4 heteroatoms. The summed E-state index contributed by atoms with van der Waals surface area (Å²) >= 11 is 0. The lowest BCUT2D eigenvalue weighted by atomic mass is 9.45. The molecule has 1 saturated carbocycles. The molecular weight excluding hydrogens is 312 g/mol. The highest BCUT2D eigenvalue weighted by Crippen LogP contribution is 2.61. The number of nitrogen functional groups attached to an aromatic ring is 1. The molecule has 0 spiro atoms. The third-order valence-corrected chi connectivity index (χ3v) is 5.75. The van der Waals surface area contributed by atoms with E-state index in [2.05, 4.69) is 0 Å². The van der Waals surface area contributed by atoms with Crippen molar-refractivity contribution < 1.29 is 9.59 Å². The second kappa shape index (κ2) is 5.45. The smallest absolute Gasteiger partial charge is 0.239 e. The highest BCUT2D eigenvalue weighted by molar-refractivity contribution is 6.12. The molecular formula is C21H22N2O2. The number of imide groups is 1. The lowest BCUT2D eigenvalue weighted by Crippen LogP contribution is -2.73. The summed E-state index contributed by atoms with van der Waals surface area (Å²) in [6.45, 7) is 2.47. The molecule has 2 bridgehead atoms. The molecule has 2 N–H and O–H groups in total. The fraction of sp³-hybridized carbons (Fsp3) is 0.333. The van der Waals surface area contributed by atoms with Crippen LogP contribution in [0.25, 0.3) is 0 Å². The molecule has 2 aliphatic heterocycles. The van der Waals surface area contributed by atoms with Crippen LogP contribution in [0.4, 0.5) is 5.69 Å². The number of amides is 2. The van der Waals surface area contributed by atoms with Crippen molar-refractivity contribution in [2.75, 3.05) is 12.3 Å². The summed E-state index contributed by atoms with van der Waals surface area (Å²) in [5, 5.41) is 0.